The highest BCUT2D eigenvalue weighted by Crippen LogP contribution is 2.34. The number of carbonyl (C=O) groups excluding carboxylic acids is 2. The molecule has 2 amide bonds. The summed E-state index contributed by atoms with van der Waals surface area (Å²) in [5.41, 5.74) is 1.75. The first-order valence-corrected chi connectivity index (χ1v) is 11.8. The van der Waals surface area contributed by atoms with Crippen molar-refractivity contribution in [2.45, 2.75) is 44.2 Å². The summed E-state index contributed by atoms with van der Waals surface area (Å²) in [6.07, 6.45) is -16.3. The fraction of sp³-hybridized carbons (Fsp3) is 0.385. The molecule has 1 aliphatic heterocycles. The van der Waals surface area contributed by atoms with Gasteiger partial charge in [0.15, 0.2) is 0 Å². The number of rotatable bonds is 9. The van der Waals surface area contributed by atoms with E-state index in [-0.39, 0.29) is 5.71 Å². The third-order valence-corrected chi connectivity index (χ3v) is 6.24. The molecule has 2 aromatic rings. The van der Waals surface area contributed by atoms with E-state index in [1.54, 1.807) is 54.6 Å². The molecular weight excluding hydrogens is 532 g/mol. The predicted octanol–water partition coefficient (Wildman–Crippen LogP) is 4.94. The Hall–Kier alpha value is -3.90. The lowest BCUT2D eigenvalue weighted by Crippen LogP contribution is -2.49. The van der Waals surface area contributed by atoms with Crippen molar-refractivity contribution < 1.29 is 45.8 Å². The number of carboxylic acid groups (broad SMARTS) is 1. The molecule has 0 saturated carbocycles. The van der Waals surface area contributed by atoms with E-state index in [1.165, 1.54) is 11.9 Å². The Morgan fingerprint density at radius 1 is 0.974 bits per heavy atom. The second kappa shape index (κ2) is 11.9. The molecule has 0 aromatic heterocycles. The van der Waals surface area contributed by atoms with Crippen LogP contribution in [0.25, 0.3) is 0 Å². The molecule has 7 nitrogen and oxygen atoms in total. The summed E-state index contributed by atoms with van der Waals surface area (Å²) in [4.78, 5) is 43.8. The monoisotopic (exact) mass is 557 g/mol. The lowest BCUT2D eigenvalue weighted by atomic mass is 9.84. The van der Waals surface area contributed by atoms with Gasteiger partial charge in [-0.15, -0.1) is 0 Å². The van der Waals surface area contributed by atoms with Gasteiger partial charge in [0.05, 0.1) is 29.7 Å². The third-order valence-electron chi connectivity index (χ3n) is 6.24. The van der Waals surface area contributed by atoms with Crippen LogP contribution < -0.4 is 10.2 Å². The van der Waals surface area contributed by atoms with E-state index in [0.29, 0.717) is 16.8 Å². The van der Waals surface area contributed by atoms with Gasteiger partial charge in [-0.3, -0.25) is 14.4 Å². The first-order valence-electron chi connectivity index (χ1n) is 11.8. The number of benzene rings is 2. The summed E-state index contributed by atoms with van der Waals surface area (Å²) in [7, 11) is 1.40. The quantitative estimate of drug-likeness (QED) is 0.427. The molecule has 2 N–H and O–H groups in total. The Morgan fingerprint density at radius 3 is 2.18 bits per heavy atom. The zero-order chi connectivity index (χ0) is 29.0. The van der Waals surface area contributed by atoms with Crippen molar-refractivity contribution in [3.8, 4) is 0 Å². The second-order valence-electron chi connectivity index (χ2n) is 9.05. The number of nitrogens with one attached hydrogen (secondary N) is 1. The molecule has 13 heteroatoms. The molecule has 0 aliphatic carbocycles. The van der Waals surface area contributed by atoms with Gasteiger partial charge in [-0.25, -0.2) is 4.99 Å². The van der Waals surface area contributed by atoms with Crippen LogP contribution in [0, 0.1) is 11.8 Å². The standard InChI is InChI=1S/C26H25F6N3O4/c1-35-19-12-6-5-10-17(19)20(15-8-3-2-4-9-15)33-21(23(35)37)34-22(36)16(11-7-13-25(27,28)29)18(24(38)39)14-26(30,31)32/h2-6,8-10,12,16,18,21H,7,11,13-14H2,1H3,(H,34,36)(H,38,39)/t16-,18+,21-/m1/s1. The minimum Gasteiger partial charge on any atom is -0.481 e. The third kappa shape index (κ3) is 7.80. The molecule has 0 radical (unpaired) electrons. The maximum atomic E-state index is 13.3. The fourth-order valence-electron chi connectivity index (χ4n) is 4.37. The van der Waals surface area contributed by atoms with Crippen molar-refractivity contribution in [3.63, 3.8) is 0 Å². The number of amides is 2. The van der Waals surface area contributed by atoms with Crippen LogP contribution in [0.4, 0.5) is 32.0 Å². The molecule has 1 aliphatic rings. The van der Waals surface area contributed by atoms with Crippen LogP contribution >= 0.6 is 0 Å². The summed E-state index contributed by atoms with van der Waals surface area (Å²) < 4.78 is 77.6. The van der Waals surface area contributed by atoms with E-state index in [1.807, 2.05) is 0 Å². The summed E-state index contributed by atoms with van der Waals surface area (Å²) in [5.74, 6) is -8.47. The van der Waals surface area contributed by atoms with E-state index in [0.717, 1.165) is 0 Å². The van der Waals surface area contributed by atoms with E-state index in [9.17, 15) is 45.8 Å². The first-order chi connectivity index (χ1) is 18.2. The van der Waals surface area contributed by atoms with Gasteiger partial charge in [0.25, 0.3) is 5.91 Å². The second-order valence-corrected chi connectivity index (χ2v) is 9.05. The van der Waals surface area contributed by atoms with Gasteiger partial charge in [0.2, 0.25) is 12.1 Å². The van der Waals surface area contributed by atoms with Crippen molar-refractivity contribution >= 4 is 29.2 Å². The maximum Gasteiger partial charge on any atom is 0.389 e. The molecule has 0 bridgehead atoms. The number of aliphatic carboxylic acids is 1. The molecule has 0 spiro atoms. The van der Waals surface area contributed by atoms with E-state index < -0.39 is 73.8 Å². The van der Waals surface area contributed by atoms with Crippen LogP contribution in [0.3, 0.4) is 0 Å². The molecule has 3 atom stereocenters. The number of alkyl halides is 6. The number of carbonyl (C=O) groups is 3. The summed E-state index contributed by atoms with van der Waals surface area (Å²) in [6, 6.07) is 15.2. The van der Waals surface area contributed by atoms with Crippen molar-refractivity contribution in [2.75, 3.05) is 11.9 Å². The largest absolute Gasteiger partial charge is 0.481 e. The lowest BCUT2D eigenvalue weighted by Gasteiger charge is -2.26. The van der Waals surface area contributed by atoms with Gasteiger partial charge >= 0.3 is 18.3 Å². The van der Waals surface area contributed by atoms with Gasteiger partial charge in [-0.1, -0.05) is 48.5 Å². The minimum absolute atomic E-state index is 0.271. The van der Waals surface area contributed by atoms with E-state index in [4.69, 9.17) is 0 Å². The molecule has 0 fully saturated rings. The highest BCUT2D eigenvalue weighted by molar-refractivity contribution is 6.20. The maximum absolute atomic E-state index is 13.3. The van der Waals surface area contributed by atoms with Crippen LogP contribution in [0.2, 0.25) is 0 Å². The zero-order valence-electron chi connectivity index (χ0n) is 20.6. The highest BCUT2D eigenvalue weighted by atomic mass is 19.4. The van der Waals surface area contributed by atoms with Crippen LogP contribution in [-0.4, -0.2) is 54.2 Å². The zero-order valence-corrected chi connectivity index (χ0v) is 20.6. The van der Waals surface area contributed by atoms with Crippen LogP contribution in [0.1, 0.15) is 36.8 Å². The van der Waals surface area contributed by atoms with Gasteiger partial charge in [-0.2, -0.15) is 26.3 Å². The lowest BCUT2D eigenvalue weighted by molar-refractivity contribution is -0.170. The SMILES string of the molecule is CN1C(=O)[C@@H](NC(=O)[C@H](CCCC(F)(F)F)[C@H](CC(F)(F)F)C(=O)O)N=C(c2ccccc2)c2ccccc21. The molecule has 0 unspecified atom stereocenters. The van der Waals surface area contributed by atoms with Crippen molar-refractivity contribution in [3.05, 3.63) is 65.7 Å². The summed E-state index contributed by atoms with van der Waals surface area (Å²) >= 11 is 0. The molecule has 3 rings (SSSR count). The predicted molar refractivity (Wildman–Crippen MR) is 129 cm³/mol. The van der Waals surface area contributed by atoms with Gasteiger partial charge in [0, 0.05) is 24.6 Å². The molecular formula is C26H25F6N3O4. The smallest absolute Gasteiger partial charge is 0.389 e. The number of halogens is 6. The van der Waals surface area contributed by atoms with Crippen LogP contribution in [0.5, 0.6) is 0 Å². The van der Waals surface area contributed by atoms with E-state index >= 15 is 0 Å². The number of hydrogen-bond acceptors (Lipinski definition) is 4. The minimum atomic E-state index is -5.01. The average Bonchev–Trinajstić information content (AvgIpc) is 2.95. The van der Waals surface area contributed by atoms with Crippen molar-refractivity contribution in [2.24, 2.45) is 16.8 Å². The van der Waals surface area contributed by atoms with Gasteiger partial charge in [0.1, 0.15) is 0 Å². The Labute approximate surface area is 219 Å². The molecule has 210 valence electrons. The Balaban J connectivity index is 2.00. The van der Waals surface area contributed by atoms with Crippen molar-refractivity contribution in [1.82, 2.24) is 5.32 Å². The molecule has 2 aromatic carbocycles. The Kier molecular flexibility index (Phi) is 9.03. The fourth-order valence-corrected chi connectivity index (χ4v) is 4.37. The number of hydrogen-bond donors (Lipinski definition) is 2. The number of anilines is 1. The number of benzodiazepines with no additional fused rings is 1. The van der Waals surface area contributed by atoms with Crippen molar-refractivity contribution in [1.29, 1.82) is 0 Å². The van der Waals surface area contributed by atoms with Crippen LogP contribution in [0.15, 0.2) is 59.6 Å². The van der Waals surface area contributed by atoms with Gasteiger partial charge in [-0.05, 0) is 18.9 Å². The average molecular weight is 557 g/mol. The normalized spacial score (nSPS) is 17.5. The topological polar surface area (TPSA) is 99.1 Å². The molecule has 1 heterocycles. The Morgan fingerprint density at radius 2 is 1.59 bits per heavy atom. The number of nitrogens with zero attached hydrogens (tertiary/aromatic N) is 2. The number of carboxylic acids is 1. The highest BCUT2D eigenvalue weighted by Gasteiger charge is 2.44. The molecule has 0 saturated heterocycles. The summed E-state index contributed by atoms with van der Waals surface area (Å²) in [6.45, 7) is 0. The number of aliphatic imine (C=N–C) groups is 1. The van der Waals surface area contributed by atoms with Crippen LogP contribution in [-0.2, 0) is 14.4 Å². The summed E-state index contributed by atoms with van der Waals surface area (Å²) in [5, 5.41) is 11.7. The number of likely N-dealkylation sites (N-methyl/N-ethyl adjacent to an activating group) is 1. The van der Waals surface area contributed by atoms with E-state index in [2.05, 4.69) is 10.3 Å². The Bertz CT molecular complexity index is 1230. The number of fused-ring (bicyclic) bond motifs is 1. The van der Waals surface area contributed by atoms with Gasteiger partial charge < -0.3 is 15.3 Å². The number of para-hydroxylation sites is 1. The molecule has 39 heavy (non-hydrogen) atoms. The first kappa shape index (κ1) is 29.7.